The Balaban J connectivity index is 2.08. The quantitative estimate of drug-likeness (QED) is 0.849. The van der Waals surface area contributed by atoms with Gasteiger partial charge in [-0.1, -0.05) is 19.8 Å². The highest BCUT2D eigenvalue weighted by Crippen LogP contribution is 2.28. The van der Waals surface area contributed by atoms with Gasteiger partial charge in [-0.05, 0) is 37.0 Å². The topological polar surface area (TPSA) is 40.9 Å². The van der Waals surface area contributed by atoms with Gasteiger partial charge in [-0.3, -0.25) is 4.21 Å². The summed E-state index contributed by atoms with van der Waals surface area (Å²) in [5.41, 5.74) is 0.820. The maximum atomic E-state index is 13.7. The Bertz CT molecular complexity index is 523. The second-order valence-corrected chi connectivity index (χ2v) is 7.05. The van der Waals surface area contributed by atoms with Crippen LogP contribution in [0.3, 0.4) is 0 Å². The van der Waals surface area contributed by atoms with Crippen molar-refractivity contribution < 1.29 is 8.60 Å². The largest absolute Gasteiger partial charge is 0.259 e. The van der Waals surface area contributed by atoms with Gasteiger partial charge in [-0.2, -0.15) is 5.26 Å². The van der Waals surface area contributed by atoms with E-state index in [9.17, 15) is 8.60 Å². The van der Waals surface area contributed by atoms with E-state index in [0.717, 1.165) is 19.3 Å². The molecule has 0 radical (unpaired) electrons. The van der Waals surface area contributed by atoms with E-state index >= 15 is 0 Å². The van der Waals surface area contributed by atoms with Crippen molar-refractivity contribution in [3.05, 3.63) is 35.1 Å². The van der Waals surface area contributed by atoms with Gasteiger partial charge in [-0.25, -0.2) is 4.39 Å². The molecule has 0 aromatic heterocycles. The molecule has 0 bridgehead atoms. The molecule has 2 nitrogen and oxygen atoms in total. The molecule has 0 N–H and O–H groups in total. The summed E-state index contributed by atoms with van der Waals surface area (Å²) in [4.78, 5) is 0. The number of nitrogens with zero attached hydrogens (tertiary/aromatic N) is 1. The first kappa shape index (κ1) is 14.2. The summed E-state index contributed by atoms with van der Waals surface area (Å²) in [5.74, 6) is 0.466. The van der Waals surface area contributed by atoms with Crippen LogP contribution >= 0.6 is 0 Å². The van der Waals surface area contributed by atoms with E-state index < -0.39 is 10.8 Å². The van der Waals surface area contributed by atoms with Crippen LogP contribution in [0.4, 0.5) is 4.39 Å². The highest BCUT2D eigenvalue weighted by Gasteiger charge is 2.24. The van der Waals surface area contributed by atoms with Gasteiger partial charge in [0.25, 0.3) is 0 Å². The fraction of sp³-hybridized carbons (Fsp3) is 0.533. The molecule has 1 aromatic carbocycles. The number of halogens is 1. The smallest absolute Gasteiger partial charge is 0.127 e. The first-order valence-electron chi connectivity index (χ1n) is 6.66. The molecule has 0 aliphatic heterocycles. The van der Waals surface area contributed by atoms with E-state index in [1.807, 2.05) is 6.07 Å². The van der Waals surface area contributed by atoms with Crippen LogP contribution in [0.15, 0.2) is 18.2 Å². The predicted molar refractivity (Wildman–Crippen MR) is 74.4 cm³/mol. The van der Waals surface area contributed by atoms with Crippen molar-refractivity contribution in [2.45, 2.75) is 43.6 Å². The molecule has 4 heteroatoms. The zero-order chi connectivity index (χ0) is 13.8. The van der Waals surface area contributed by atoms with Crippen molar-refractivity contribution in [2.75, 3.05) is 0 Å². The Labute approximate surface area is 116 Å². The molecule has 0 amide bonds. The molecule has 0 spiro atoms. The van der Waals surface area contributed by atoms with Crippen LogP contribution in [0.2, 0.25) is 0 Å². The average molecular weight is 279 g/mol. The van der Waals surface area contributed by atoms with Gasteiger partial charge in [0.15, 0.2) is 0 Å². The number of nitriles is 1. The summed E-state index contributed by atoms with van der Waals surface area (Å²) in [6.45, 7) is 2.18. The van der Waals surface area contributed by atoms with Gasteiger partial charge in [0.1, 0.15) is 5.82 Å². The number of hydrogen-bond donors (Lipinski definition) is 0. The third-order valence-corrected chi connectivity index (χ3v) is 5.50. The first-order chi connectivity index (χ1) is 9.10. The van der Waals surface area contributed by atoms with Gasteiger partial charge in [0, 0.05) is 21.6 Å². The van der Waals surface area contributed by atoms with Crippen LogP contribution < -0.4 is 0 Å². The molecule has 0 heterocycles. The predicted octanol–water partition coefficient (Wildman–Crippen LogP) is 3.52. The van der Waals surface area contributed by atoms with Crippen molar-refractivity contribution in [3.8, 4) is 6.07 Å². The second kappa shape index (κ2) is 6.29. The Morgan fingerprint density at radius 3 is 2.95 bits per heavy atom. The summed E-state index contributed by atoms with van der Waals surface area (Å²) in [7, 11) is -1.05. The summed E-state index contributed by atoms with van der Waals surface area (Å²) in [5, 5.41) is 9.00. The first-order valence-corrected chi connectivity index (χ1v) is 8.04. The number of benzene rings is 1. The molecule has 0 saturated heterocycles. The van der Waals surface area contributed by atoms with Crippen molar-refractivity contribution in [3.63, 3.8) is 0 Å². The minimum atomic E-state index is -1.05. The van der Waals surface area contributed by atoms with Crippen molar-refractivity contribution in [1.29, 1.82) is 5.26 Å². The van der Waals surface area contributed by atoms with E-state index in [-0.39, 0.29) is 16.8 Å². The third kappa shape index (κ3) is 3.63. The summed E-state index contributed by atoms with van der Waals surface area (Å²) in [6, 6.07) is 6.24. The minimum Gasteiger partial charge on any atom is -0.259 e. The Hall–Kier alpha value is -1.21. The second-order valence-electron chi connectivity index (χ2n) is 5.34. The lowest BCUT2D eigenvalue weighted by molar-refractivity contribution is 0.389. The molecule has 2 rings (SSSR count). The lowest BCUT2D eigenvalue weighted by atomic mass is 9.91. The van der Waals surface area contributed by atoms with E-state index in [1.54, 1.807) is 0 Å². The van der Waals surface area contributed by atoms with Crippen LogP contribution in [0.25, 0.3) is 0 Å². The lowest BCUT2D eigenvalue weighted by Crippen LogP contribution is -2.24. The highest BCUT2D eigenvalue weighted by atomic mass is 32.2. The fourth-order valence-corrected chi connectivity index (χ4v) is 4.38. The molecule has 1 fully saturated rings. The van der Waals surface area contributed by atoms with E-state index in [2.05, 4.69) is 6.92 Å². The van der Waals surface area contributed by atoms with E-state index in [1.165, 1.54) is 24.6 Å². The van der Waals surface area contributed by atoms with Gasteiger partial charge >= 0.3 is 0 Å². The van der Waals surface area contributed by atoms with E-state index in [0.29, 0.717) is 17.0 Å². The van der Waals surface area contributed by atoms with Crippen LogP contribution in [-0.4, -0.2) is 9.46 Å². The van der Waals surface area contributed by atoms with Gasteiger partial charge in [0.2, 0.25) is 0 Å². The fourth-order valence-electron chi connectivity index (χ4n) is 2.64. The summed E-state index contributed by atoms with van der Waals surface area (Å²) >= 11 is 0. The maximum Gasteiger partial charge on any atom is 0.127 e. The van der Waals surface area contributed by atoms with Crippen LogP contribution in [-0.2, 0) is 16.6 Å². The molecule has 1 aliphatic rings. The van der Waals surface area contributed by atoms with Crippen molar-refractivity contribution in [2.24, 2.45) is 5.92 Å². The van der Waals surface area contributed by atoms with Crippen LogP contribution in [0, 0.1) is 23.1 Å². The Morgan fingerprint density at radius 1 is 1.47 bits per heavy atom. The molecule has 1 aliphatic carbocycles. The van der Waals surface area contributed by atoms with Crippen LogP contribution in [0.1, 0.15) is 43.7 Å². The zero-order valence-electron chi connectivity index (χ0n) is 11.1. The summed E-state index contributed by atoms with van der Waals surface area (Å²) < 4.78 is 26.0. The summed E-state index contributed by atoms with van der Waals surface area (Å²) in [6.07, 6.45) is 4.24. The molecule has 3 atom stereocenters. The monoisotopic (exact) mass is 279 g/mol. The Morgan fingerprint density at radius 2 is 2.26 bits per heavy atom. The number of hydrogen-bond acceptors (Lipinski definition) is 2. The van der Waals surface area contributed by atoms with Gasteiger partial charge in [0.05, 0.1) is 17.4 Å². The molecule has 1 aromatic rings. The average Bonchev–Trinajstić information content (AvgIpc) is 2.41. The van der Waals surface area contributed by atoms with Gasteiger partial charge < -0.3 is 0 Å². The Kier molecular flexibility index (Phi) is 4.71. The molecule has 3 unspecified atom stereocenters. The molecular formula is C15H18FNOS. The molecule has 1 saturated carbocycles. The molecule has 19 heavy (non-hydrogen) atoms. The normalized spacial score (nSPS) is 24.7. The minimum absolute atomic E-state index is 0.175. The van der Waals surface area contributed by atoms with Gasteiger partial charge in [-0.15, -0.1) is 0 Å². The van der Waals surface area contributed by atoms with Crippen molar-refractivity contribution in [1.82, 2.24) is 0 Å². The third-order valence-electron chi connectivity index (χ3n) is 3.73. The SMILES string of the molecule is CC1CCCC(S(=O)Cc2cc(C#N)ccc2F)C1. The molecular weight excluding hydrogens is 261 g/mol. The standard InChI is InChI=1S/C15H18FNOS/c1-11-3-2-4-14(7-11)19(18)10-13-8-12(9-17)5-6-15(13)16/h5-6,8,11,14H,2-4,7,10H2,1H3. The zero-order valence-corrected chi connectivity index (χ0v) is 11.9. The van der Waals surface area contributed by atoms with Crippen molar-refractivity contribution >= 4 is 10.8 Å². The van der Waals surface area contributed by atoms with Crippen LogP contribution in [0.5, 0.6) is 0 Å². The molecule has 102 valence electrons. The number of rotatable bonds is 3. The highest BCUT2D eigenvalue weighted by molar-refractivity contribution is 7.84. The maximum absolute atomic E-state index is 13.7. The lowest BCUT2D eigenvalue weighted by Gasteiger charge is -2.26. The van der Waals surface area contributed by atoms with E-state index in [4.69, 9.17) is 5.26 Å².